The Labute approximate surface area is 157 Å². The van der Waals surface area contributed by atoms with Gasteiger partial charge in [0.2, 0.25) is 5.91 Å². The van der Waals surface area contributed by atoms with Crippen molar-refractivity contribution < 1.29 is 9.18 Å². The Morgan fingerprint density at radius 3 is 2.69 bits per heavy atom. The van der Waals surface area contributed by atoms with Crippen LogP contribution in [0.5, 0.6) is 0 Å². The van der Waals surface area contributed by atoms with Crippen LogP contribution in [0.25, 0.3) is 0 Å². The molecule has 0 unspecified atom stereocenters. The first-order valence-corrected chi connectivity index (χ1v) is 9.52. The molecule has 0 aliphatic carbocycles. The van der Waals surface area contributed by atoms with Crippen molar-refractivity contribution in [2.45, 2.75) is 26.8 Å². The number of guanidine groups is 1. The van der Waals surface area contributed by atoms with E-state index in [2.05, 4.69) is 39.3 Å². The van der Waals surface area contributed by atoms with Crippen molar-refractivity contribution in [1.29, 1.82) is 0 Å². The maximum atomic E-state index is 13.1. The number of nitrogens with one attached hydrogen (secondary N) is 3. The summed E-state index contributed by atoms with van der Waals surface area (Å²) in [5.74, 6) is 0.262. The van der Waals surface area contributed by atoms with E-state index in [1.807, 2.05) is 6.92 Å². The largest absolute Gasteiger partial charge is 0.357 e. The number of aryl methyl sites for hydroxylation is 1. The van der Waals surface area contributed by atoms with Crippen molar-refractivity contribution in [3.05, 3.63) is 57.5 Å². The van der Waals surface area contributed by atoms with E-state index >= 15 is 0 Å². The van der Waals surface area contributed by atoms with Gasteiger partial charge in [-0.2, -0.15) is 0 Å². The first-order valence-electron chi connectivity index (χ1n) is 8.64. The Balaban J connectivity index is 1.73. The minimum absolute atomic E-state index is 0.131. The molecular formula is C19H25FN4OS. The topological polar surface area (TPSA) is 65.5 Å². The van der Waals surface area contributed by atoms with Gasteiger partial charge in [0.25, 0.3) is 0 Å². The monoisotopic (exact) mass is 376 g/mol. The van der Waals surface area contributed by atoms with Crippen LogP contribution in [-0.4, -0.2) is 31.5 Å². The van der Waals surface area contributed by atoms with Crippen LogP contribution >= 0.6 is 11.3 Å². The summed E-state index contributed by atoms with van der Waals surface area (Å²) in [4.78, 5) is 17.7. The molecule has 0 spiro atoms. The number of aliphatic imine (C=N–C) groups is 1. The maximum Gasteiger partial charge on any atom is 0.224 e. The summed E-state index contributed by atoms with van der Waals surface area (Å²) in [6.07, 6.45) is 0.170. The fourth-order valence-corrected chi connectivity index (χ4v) is 3.17. The lowest BCUT2D eigenvalue weighted by Crippen LogP contribution is -2.41. The quantitative estimate of drug-likeness (QED) is 0.377. The number of hydrogen-bond acceptors (Lipinski definition) is 3. The number of carbonyl (C=O) groups is 1. The molecule has 5 nitrogen and oxygen atoms in total. The smallest absolute Gasteiger partial charge is 0.224 e. The summed E-state index contributed by atoms with van der Waals surface area (Å²) < 4.78 is 13.1. The van der Waals surface area contributed by atoms with E-state index in [0.717, 1.165) is 12.5 Å². The fourth-order valence-electron chi connectivity index (χ4n) is 2.34. The lowest BCUT2D eigenvalue weighted by atomic mass is 10.1. The third-order valence-electron chi connectivity index (χ3n) is 3.69. The zero-order chi connectivity index (χ0) is 18.8. The lowest BCUT2D eigenvalue weighted by Gasteiger charge is -2.12. The minimum atomic E-state index is -0.329. The number of rotatable bonds is 8. The van der Waals surface area contributed by atoms with E-state index in [0.29, 0.717) is 25.2 Å². The molecule has 0 radical (unpaired) electrons. The molecule has 7 heteroatoms. The van der Waals surface area contributed by atoms with E-state index in [4.69, 9.17) is 0 Å². The van der Waals surface area contributed by atoms with Gasteiger partial charge in [0, 0.05) is 24.5 Å². The van der Waals surface area contributed by atoms with Crippen LogP contribution < -0.4 is 16.0 Å². The standard InChI is InChI=1S/C19H25FN4OS/c1-3-21-19(24-13-17-14(2)7-10-26-17)23-9-8-22-18(25)12-15-5-4-6-16(20)11-15/h4-7,10-11H,3,8-9,12-13H2,1-2H3,(H,22,25)(H2,21,23,24). The van der Waals surface area contributed by atoms with E-state index in [1.54, 1.807) is 23.5 Å². The molecule has 1 aromatic heterocycles. The van der Waals surface area contributed by atoms with Crippen LogP contribution in [0, 0.1) is 12.7 Å². The van der Waals surface area contributed by atoms with E-state index in [9.17, 15) is 9.18 Å². The molecule has 0 bridgehead atoms. The number of carbonyl (C=O) groups excluding carboxylic acids is 1. The molecule has 1 aromatic carbocycles. The molecule has 3 N–H and O–H groups in total. The van der Waals surface area contributed by atoms with E-state index in [1.165, 1.54) is 22.6 Å². The zero-order valence-corrected chi connectivity index (χ0v) is 16.0. The number of amides is 1. The molecule has 1 amide bonds. The molecular weight excluding hydrogens is 351 g/mol. The van der Waals surface area contributed by atoms with Crippen molar-refractivity contribution >= 4 is 23.2 Å². The molecule has 2 rings (SSSR count). The highest BCUT2D eigenvalue weighted by Crippen LogP contribution is 2.16. The molecule has 0 saturated heterocycles. The van der Waals surface area contributed by atoms with E-state index in [-0.39, 0.29) is 18.1 Å². The van der Waals surface area contributed by atoms with Gasteiger partial charge in [0.1, 0.15) is 5.82 Å². The highest BCUT2D eigenvalue weighted by molar-refractivity contribution is 7.10. The van der Waals surface area contributed by atoms with Gasteiger partial charge in [-0.1, -0.05) is 12.1 Å². The molecule has 26 heavy (non-hydrogen) atoms. The van der Waals surface area contributed by atoms with Gasteiger partial charge in [0.15, 0.2) is 5.96 Å². The van der Waals surface area contributed by atoms with Crippen LogP contribution in [0.15, 0.2) is 40.7 Å². The van der Waals surface area contributed by atoms with Crippen molar-refractivity contribution in [2.75, 3.05) is 19.6 Å². The average molecular weight is 377 g/mol. The first kappa shape index (κ1) is 19.9. The zero-order valence-electron chi connectivity index (χ0n) is 15.1. The van der Waals surface area contributed by atoms with Gasteiger partial charge in [-0.25, -0.2) is 9.38 Å². The van der Waals surface area contributed by atoms with Gasteiger partial charge in [-0.05, 0) is 48.6 Å². The predicted octanol–water partition coefficient (Wildman–Crippen LogP) is 2.61. The Kier molecular flexibility index (Phi) is 8.08. The number of thiophene rings is 1. The van der Waals surface area contributed by atoms with Crippen LogP contribution in [0.3, 0.4) is 0 Å². The second-order valence-corrected chi connectivity index (χ2v) is 6.81. The summed E-state index contributed by atoms with van der Waals surface area (Å²) in [6, 6.07) is 8.17. The number of benzene rings is 1. The van der Waals surface area contributed by atoms with Gasteiger partial charge < -0.3 is 16.0 Å². The van der Waals surface area contributed by atoms with Gasteiger partial charge in [-0.3, -0.25) is 4.79 Å². The van der Waals surface area contributed by atoms with Crippen molar-refractivity contribution in [3.8, 4) is 0 Å². The second-order valence-electron chi connectivity index (χ2n) is 5.81. The Bertz CT molecular complexity index is 745. The van der Waals surface area contributed by atoms with Crippen LogP contribution in [0.2, 0.25) is 0 Å². The molecule has 0 atom stereocenters. The van der Waals surface area contributed by atoms with Crippen LogP contribution in [-0.2, 0) is 17.8 Å². The molecule has 2 aromatic rings. The molecule has 140 valence electrons. The first-order chi connectivity index (χ1) is 12.6. The van der Waals surface area contributed by atoms with Crippen molar-refractivity contribution in [3.63, 3.8) is 0 Å². The molecule has 1 heterocycles. The normalized spacial score (nSPS) is 11.3. The summed E-state index contributed by atoms with van der Waals surface area (Å²) in [5, 5.41) is 11.3. The van der Waals surface area contributed by atoms with Crippen molar-refractivity contribution in [2.24, 2.45) is 4.99 Å². The third-order valence-corrected chi connectivity index (χ3v) is 4.69. The van der Waals surface area contributed by atoms with Crippen LogP contribution in [0.4, 0.5) is 4.39 Å². The molecule has 0 fully saturated rings. The van der Waals surface area contributed by atoms with Gasteiger partial charge in [-0.15, -0.1) is 11.3 Å². The van der Waals surface area contributed by atoms with E-state index < -0.39 is 0 Å². The molecule has 0 aliphatic heterocycles. The third kappa shape index (κ3) is 6.84. The summed E-state index contributed by atoms with van der Waals surface area (Å²) in [5.41, 5.74) is 1.91. The fraction of sp³-hybridized carbons (Fsp3) is 0.368. The summed E-state index contributed by atoms with van der Waals surface area (Å²) >= 11 is 1.70. The number of hydrogen-bond donors (Lipinski definition) is 3. The predicted molar refractivity (Wildman–Crippen MR) is 105 cm³/mol. The molecule has 0 saturated carbocycles. The Morgan fingerprint density at radius 2 is 2.00 bits per heavy atom. The highest BCUT2D eigenvalue weighted by Gasteiger charge is 2.04. The number of halogens is 1. The Morgan fingerprint density at radius 1 is 1.19 bits per heavy atom. The van der Waals surface area contributed by atoms with Crippen molar-refractivity contribution in [1.82, 2.24) is 16.0 Å². The minimum Gasteiger partial charge on any atom is -0.357 e. The second kappa shape index (κ2) is 10.6. The average Bonchev–Trinajstić information content (AvgIpc) is 3.01. The van der Waals surface area contributed by atoms with Gasteiger partial charge >= 0.3 is 0 Å². The maximum absolute atomic E-state index is 13.1. The number of nitrogens with zero attached hydrogens (tertiary/aromatic N) is 1. The SMILES string of the molecule is CCNC(=NCc1sccc1C)NCCNC(=O)Cc1cccc(F)c1. The molecule has 0 aliphatic rings. The Hall–Kier alpha value is -2.41. The van der Waals surface area contributed by atoms with Crippen LogP contribution in [0.1, 0.15) is 22.9 Å². The van der Waals surface area contributed by atoms with Gasteiger partial charge in [0.05, 0.1) is 13.0 Å². The highest BCUT2D eigenvalue weighted by atomic mass is 32.1. The lowest BCUT2D eigenvalue weighted by molar-refractivity contribution is -0.120. The summed E-state index contributed by atoms with van der Waals surface area (Å²) in [6.45, 7) is 6.51. The summed E-state index contributed by atoms with van der Waals surface area (Å²) in [7, 11) is 0.